The van der Waals surface area contributed by atoms with Crippen LogP contribution < -0.4 is 0 Å². The summed E-state index contributed by atoms with van der Waals surface area (Å²) in [6.45, 7) is 5.00. The van der Waals surface area contributed by atoms with E-state index < -0.39 is 0 Å². The number of hydrogen-bond acceptors (Lipinski definition) is 4. The van der Waals surface area contributed by atoms with Gasteiger partial charge in [0.05, 0.1) is 6.10 Å². The Morgan fingerprint density at radius 1 is 1.59 bits per heavy atom. The van der Waals surface area contributed by atoms with E-state index in [1.165, 1.54) is 6.33 Å². The molecule has 3 atom stereocenters. The van der Waals surface area contributed by atoms with Crippen molar-refractivity contribution < 1.29 is 9.90 Å². The highest BCUT2D eigenvalue weighted by molar-refractivity contribution is 5.80. The second kappa shape index (κ2) is 4.83. The maximum atomic E-state index is 12.2. The van der Waals surface area contributed by atoms with E-state index in [4.69, 9.17) is 0 Å². The van der Waals surface area contributed by atoms with Crippen molar-refractivity contribution in [2.75, 3.05) is 13.1 Å². The van der Waals surface area contributed by atoms with Crippen LogP contribution >= 0.6 is 0 Å². The summed E-state index contributed by atoms with van der Waals surface area (Å²) < 4.78 is 1.55. The number of likely N-dealkylation sites (tertiary alicyclic amines) is 1. The van der Waals surface area contributed by atoms with Gasteiger partial charge in [0.2, 0.25) is 5.91 Å². The highest BCUT2D eigenvalue weighted by Crippen LogP contribution is 2.19. The summed E-state index contributed by atoms with van der Waals surface area (Å²) in [5, 5.41) is 13.6. The lowest BCUT2D eigenvalue weighted by Gasteiger charge is -2.35. The van der Waals surface area contributed by atoms with Gasteiger partial charge in [-0.15, -0.1) is 0 Å². The van der Waals surface area contributed by atoms with Crippen molar-refractivity contribution in [3.63, 3.8) is 0 Å². The lowest BCUT2D eigenvalue weighted by molar-refractivity contribution is -0.138. The minimum Gasteiger partial charge on any atom is -0.393 e. The first-order valence-corrected chi connectivity index (χ1v) is 5.90. The molecule has 0 aliphatic carbocycles. The van der Waals surface area contributed by atoms with Crippen LogP contribution in [0.2, 0.25) is 0 Å². The fraction of sp³-hybridized carbons (Fsp3) is 0.727. The number of aromatic nitrogens is 3. The zero-order valence-electron chi connectivity index (χ0n) is 10.2. The van der Waals surface area contributed by atoms with E-state index in [2.05, 4.69) is 10.1 Å². The van der Waals surface area contributed by atoms with Gasteiger partial charge < -0.3 is 10.0 Å². The van der Waals surface area contributed by atoms with Gasteiger partial charge in [-0.2, -0.15) is 5.10 Å². The molecule has 2 heterocycles. The van der Waals surface area contributed by atoms with Gasteiger partial charge in [-0.3, -0.25) is 4.79 Å². The minimum atomic E-state index is -0.333. The third-order valence-electron chi connectivity index (χ3n) is 3.36. The number of piperidine rings is 1. The topological polar surface area (TPSA) is 71.2 Å². The molecule has 0 spiro atoms. The van der Waals surface area contributed by atoms with Gasteiger partial charge >= 0.3 is 0 Å². The predicted octanol–water partition coefficient (Wildman–Crippen LogP) is 0.0684. The maximum absolute atomic E-state index is 12.2. The molecule has 1 aromatic heterocycles. The Kier molecular flexibility index (Phi) is 3.42. The number of rotatable bonds is 2. The van der Waals surface area contributed by atoms with Crippen LogP contribution in [0.25, 0.3) is 0 Å². The van der Waals surface area contributed by atoms with Gasteiger partial charge in [0.1, 0.15) is 18.7 Å². The van der Waals surface area contributed by atoms with E-state index in [1.807, 2.05) is 13.8 Å². The SMILES string of the molecule is CC1CN(C(=O)C(C)n2cncn2)CCC1O. The van der Waals surface area contributed by atoms with Crippen molar-refractivity contribution in [1.82, 2.24) is 19.7 Å². The van der Waals surface area contributed by atoms with E-state index in [0.29, 0.717) is 19.5 Å². The van der Waals surface area contributed by atoms with Crippen LogP contribution in [0.15, 0.2) is 12.7 Å². The number of aliphatic hydroxyl groups excluding tert-OH is 1. The number of carbonyl (C=O) groups is 1. The molecule has 1 aromatic rings. The van der Waals surface area contributed by atoms with Crippen LogP contribution in [-0.4, -0.2) is 49.9 Å². The van der Waals surface area contributed by atoms with E-state index in [0.717, 1.165) is 0 Å². The van der Waals surface area contributed by atoms with E-state index in [-0.39, 0.29) is 24.0 Å². The van der Waals surface area contributed by atoms with Gasteiger partial charge in [0.15, 0.2) is 0 Å². The molecule has 17 heavy (non-hydrogen) atoms. The highest BCUT2D eigenvalue weighted by atomic mass is 16.3. The van der Waals surface area contributed by atoms with E-state index >= 15 is 0 Å². The molecule has 1 aliphatic heterocycles. The maximum Gasteiger partial charge on any atom is 0.247 e. The zero-order valence-corrected chi connectivity index (χ0v) is 10.2. The van der Waals surface area contributed by atoms with Gasteiger partial charge in [-0.1, -0.05) is 6.92 Å². The zero-order chi connectivity index (χ0) is 12.4. The Labute approximate surface area is 100 Å². The molecule has 0 saturated carbocycles. The van der Waals surface area contributed by atoms with Crippen LogP contribution in [0, 0.1) is 5.92 Å². The van der Waals surface area contributed by atoms with Crippen molar-refractivity contribution in [3.8, 4) is 0 Å². The summed E-state index contributed by atoms with van der Waals surface area (Å²) in [4.78, 5) is 17.8. The fourth-order valence-corrected chi connectivity index (χ4v) is 2.13. The third-order valence-corrected chi connectivity index (χ3v) is 3.36. The highest BCUT2D eigenvalue weighted by Gasteiger charge is 2.30. The van der Waals surface area contributed by atoms with Crippen molar-refractivity contribution >= 4 is 5.91 Å². The number of aliphatic hydroxyl groups is 1. The van der Waals surface area contributed by atoms with Gasteiger partial charge in [0.25, 0.3) is 0 Å². The van der Waals surface area contributed by atoms with Crippen LogP contribution in [-0.2, 0) is 4.79 Å². The first-order valence-electron chi connectivity index (χ1n) is 5.90. The smallest absolute Gasteiger partial charge is 0.247 e. The summed E-state index contributed by atoms with van der Waals surface area (Å²) in [6, 6.07) is -0.333. The monoisotopic (exact) mass is 238 g/mol. The lowest BCUT2D eigenvalue weighted by atomic mass is 9.96. The molecule has 0 radical (unpaired) electrons. The van der Waals surface area contributed by atoms with Crippen molar-refractivity contribution in [1.29, 1.82) is 0 Å². The molecule has 6 heteroatoms. The van der Waals surface area contributed by atoms with E-state index in [9.17, 15) is 9.90 Å². The molecule has 1 fully saturated rings. The lowest BCUT2D eigenvalue weighted by Crippen LogP contribution is -2.47. The first-order chi connectivity index (χ1) is 8.09. The normalized spacial score (nSPS) is 26.9. The van der Waals surface area contributed by atoms with E-state index in [1.54, 1.807) is 15.9 Å². The first kappa shape index (κ1) is 12.0. The third kappa shape index (κ3) is 2.46. The fourth-order valence-electron chi connectivity index (χ4n) is 2.13. The standard InChI is InChI=1S/C11H18N4O2/c1-8-5-14(4-3-10(8)16)11(17)9(2)15-7-12-6-13-15/h6-10,16H,3-5H2,1-2H3. The molecule has 0 aromatic carbocycles. The van der Waals surface area contributed by atoms with Gasteiger partial charge in [-0.25, -0.2) is 9.67 Å². The summed E-state index contributed by atoms with van der Waals surface area (Å²) >= 11 is 0. The van der Waals surface area contributed by atoms with Crippen LogP contribution in [0.1, 0.15) is 26.3 Å². The molecule has 1 aliphatic rings. The number of hydrogen-bond donors (Lipinski definition) is 1. The minimum absolute atomic E-state index is 0.0363. The molecule has 1 N–H and O–H groups in total. The summed E-state index contributed by atoms with van der Waals surface area (Å²) in [6.07, 6.45) is 3.33. The molecule has 1 amide bonds. The molecular formula is C11H18N4O2. The van der Waals surface area contributed by atoms with Gasteiger partial charge in [-0.05, 0) is 19.3 Å². The van der Waals surface area contributed by atoms with Crippen LogP contribution in [0.5, 0.6) is 0 Å². The average molecular weight is 238 g/mol. The largest absolute Gasteiger partial charge is 0.393 e. The molecular weight excluding hydrogens is 220 g/mol. The molecule has 3 unspecified atom stereocenters. The Hall–Kier alpha value is -1.43. The summed E-state index contributed by atoms with van der Waals surface area (Å²) in [5.74, 6) is 0.171. The second-order valence-electron chi connectivity index (χ2n) is 4.67. The Morgan fingerprint density at radius 2 is 2.35 bits per heavy atom. The Balaban J connectivity index is 2.01. The Bertz CT molecular complexity index is 379. The van der Waals surface area contributed by atoms with Crippen molar-refractivity contribution in [2.45, 2.75) is 32.4 Å². The van der Waals surface area contributed by atoms with Crippen LogP contribution in [0.4, 0.5) is 0 Å². The summed E-state index contributed by atoms with van der Waals surface area (Å²) in [5.41, 5.74) is 0. The molecule has 94 valence electrons. The second-order valence-corrected chi connectivity index (χ2v) is 4.67. The number of amides is 1. The molecule has 2 rings (SSSR count). The quantitative estimate of drug-likeness (QED) is 0.791. The summed E-state index contributed by atoms with van der Waals surface area (Å²) in [7, 11) is 0. The molecule has 0 bridgehead atoms. The Morgan fingerprint density at radius 3 is 2.94 bits per heavy atom. The van der Waals surface area contributed by atoms with Crippen molar-refractivity contribution in [3.05, 3.63) is 12.7 Å². The average Bonchev–Trinajstić information content (AvgIpc) is 2.84. The number of carbonyl (C=O) groups excluding carboxylic acids is 1. The molecule has 6 nitrogen and oxygen atoms in total. The van der Waals surface area contributed by atoms with Gasteiger partial charge in [0, 0.05) is 13.1 Å². The van der Waals surface area contributed by atoms with Crippen molar-refractivity contribution in [2.24, 2.45) is 5.92 Å². The number of nitrogens with zero attached hydrogens (tertiary/aromatic N) is 4. The predicted molar refractivity (Wildman–Crippen MR) is 61.1 cm³/mol. The molecule has 1 saturated heterocycles. The van der Waals surface area contributed by atoms with Crippen LogP contribution in [0.3, 0.4) is 0 Å².